The first-order valence-electron chi connectivity index (χ1n) is 8.06. The van der Waals surface area contributed by atoms with E-state index in [4.69, 9.17) is 4.74 Å². The van der Waals surface area contributed by atoms with Gasteiger partial charge in [0.1, 0.15) is 5.75 Å². The molecule has 0 aliphatic heterocycles. The molecule has 1 amide bonds. The van der Waals surface area contributed by atoms with E-state index in [1.54, 1.807) is 31.2 Å². The molecule has 24 heavy (non-hydrogen) atoms. The highest BCUT2D eigenvalue weighted by atomic mass is 16.5. The molecule has 4 heteroatoms. The fraction of sp³-hybridized carbons (Fsp3) is 0.300. The zero-order valence-corrected chi connectivity index (χ0v) is 14.5. The summed E-state index contributed by atoms with van der Waals surface area (Å²) in [6, 6.07) is 14.6. The monoisotopic (exact) mass is 325 g/mol. The number of anilines is 1. The molecule has 2 rings (SSSR count). The highest BCUT2D eigenvalue weighted by Gasteiger charge is 2.17. The van der Waals surface area contributed by atoms with E-state index in [9.17, 15) is 9.59 Å². The number of carbonyl (C=O) groups excluding carboxylic acids is 2. The maximum atomic E-state index is 12.4. The average molecular weight is 325 g/mol. The number of ketones is 1. The fourth-order valence-corrected chi connectivity index (χ4v) is 2.37. The van der Waals surface area contributed by atoms with Crippen LogP contribution in [0.2, 0.25) is 0 Å². The first kappa shape index (κ1) is 17.7. The van der Waals surface area contributed by atoms with Crippen molar-refractivity contribution in [2.45, 2.75) is 39.7 Å². The molecule has 0 heterocycles. The number of amides is 1. The molecular formula is C20H23NO3. The van der Waals surface area contributed by atoms with Gasteiger partial charge in [0.2, 0.25) is 0 Å². The lowest BCUT2D eigenvalue weighted by Gasteiger charge is -2.18. The van der Waals surface area contributed by atoms with Gasteiger partial charge >= 0.3 is 0 Å². The summed E-state index contributed by atoms with van der Waals surface area (Å²) in [6.07, 6.45) is -0.647. The molecule has 1 atom stereocenters. The zero-order valence-electron chi connectivity index (χ0n) is 14.5. The quantitative estimate of drug-likeness (QED) is 0.800. The van der Waals surface area contributed by atoms with Crippen molar-refractivity contribution in [2.24, 2.45) is 0 Å². The first-order valence-corrected chi connectivity index (χ1v) is 8.06. The topological polar surface area (TPSA) is 55.4 Å². The molecule has 0 saturated heterocycles. The second-order valence-corrected chi connectivity index (χ2v) is 6.08. The molecule has 0 bridgehead atoms. The standard InChI is InChI=1S/C20H23NO3/c1-13(2)18-10-5-6-11-19(18)24-15(4)20(23)21-17-9-7-8-16(12-17)14(3)22/h5-13,15H,1-4H3,(H,21,23)/t15-/m1/s1. The number of para-hydroxylation sites is 1. The van der Waals surface area contributed by atoms with Crippen LogP contribution in [0.1, 0.15) is 49.5 Å². The normalized spacial score (nSPS) is 11.9. The third-order valence-corrected chi connectivity index (χ3v) is 3.75. The maximum Gasteiger partial charge on any atom is 0.265 e. The van der Waals surface area contributed by atoms with Crippen molar-refractivity contribution in [2.75, 3.05) is 5.32 Å². The number of hydrogen-bond acceptors (Lipinski definition) is 3. The lowest BCUT2D eigenvalue weighted by molar-refractivity contribution is -0.122. The summed E-state index contributed by atoms with van der Waals surface area (Å²) in [5.41, 5.74) is 2.21. The summed E-state index contributed by atoms with van der Waals surface area (Å²) in [7, 11) is 0. The van der Waals surface area contributed by atoms with Crippen molar-refractivity contribution in [3.63, 3.8) is 0 Å². The Morgan fingerprint density at radius 2 is 1.71 bits per heavy atom. The van der Waals surface area contributed by atoms with Crippen LogP contribution in [0, 0.1) is 0 Å². The average Bonchev–Trinajstić information content (AvgIpc) is 2.55. The Hall–Kier alpha value is -2.62. The Bertz CT molecular complexity index is 737. The third-order valence-electron chi connectivity index (χ3n) is 3.75. The molecule has 0 saturated carbocycles. The molecule has 1 N–H and O–H groups in total. The minimum Gasteiger partial charge on any atom is -0.481 e. The maximum absolute atomic E-state index is 12.4. The molecule has 0 radical (unpaired) electrons. The van der Waals surface area contributed by atoms with E-state index in [-0.39, 0.29) is 11.7 Å². The van der Waals surface area contributed by atoms with E-state index in [1.165, 1.54) is 6.92 Å². The second kappa shape index (κ2) is 7.77. The molecule has 0 spiro atoms. The van der Waals surface area contributed by atoms with Gasteiger partial charge in [-0.25, -0.2) is 0 Å². The number of nitrogens with one attached hydrogen (secondary N) is 1. The van der Waals surface area contributed by atoms with Gasteiger partial charge in [-0.05, 0) is 43.5 Å². The lowest BCUT2D eigenvalue weighted by Crippen LogP contribution is -2.30. The van der Waals surface area contributed by atoms with Crippen LogP contribution in [-0.4, -0.2) is 17.8 Å². The third kappa shape index (κ3) is 4.44. The largest absolute Gasteiger partial charge is 0.481 e. The highest BCUT2D eigenvalue weighted by molar-refractivity contribution is 5.98. The number of ether oxygens (including phenoxy) is 1. The molecule has 0 fully saturated rings. The number of Topliss-reactive ketones (excluding diaryl/α,β-unsaturated/α-hetero) is 1. The van der Waals surface area contributed by atoms with Crippen molar-refractivity contribution >= 4 is 17.4 Å². The predicted octanol–water partition coefficient (Wildman–Crippen LogP) is 4.42. The highest BCUT2D eigenvalue weighted by Crippen LogP contribution is 2.26. The van der Waals surface area contributed by atoms with Crippen molar-refractivity contribution in [3.8, 4) is 5.75 Å². The lowest BCUT2D eigenvalue weighted by atomic mass is 10.0. The summed E-state index contributed by atoms with van der Waals surface area (Å²) in [4.78, 5) is 23.8. The summed E-state index contributed by atoms with van der Waals surface area (Å²) in [6.45, 7) is 7.37. The van der Waals surface area contributed by atoms with E-state index in [1.807, 2.05) is 24.3 Å². The Morgan fingerprint density at radius 1 is 1.00 bits per heavy atom. The van der Waals surface area contributed by atoms with Crippen LogP contribution >= 0.6 is 0 Å². The van der Waals surface area contributed by atoms with Gasteiger partial charge in [0, 0.05) is 11.3 Å². The minimum atomic E-state index is -0.647. The summed E-state index contributed by atoms with van der Waals surface area (Å²) >= 11 is 0. The molecule has 0 aliphatic carbocycles. The molecule has 126 valence electrons. The summed E-state index contributed by atoms with van der Waals surface area (Å²) < 4.78 is 5.84. The van der Waals surface area contributed by atoms with E-state index in [2.05, 4.69) is 19.2 Å². The van der Waals surface area contributed by atoms with Crippen LogP contribution in [0.4, 0.5) is 5.69 Å². The number of rotatable bonds is 6. The van der Waals surface area contributed by atoms with E-state index in [0.717, 1.165) is 5.56 Å². The zero-order chi connectivity index (χ0) is 17.7. The van der Waals surface area contributed by atoms with Crippen LogP contribution in [0.15, 0.2) is 48.5 Å². The van der Waals surface area contributed by atoms with Gasteiger partial charge in [0.15, 0.2) is 11.9 Å². The van der Waals surface area contributed by atoms with Gasteiger partial charge in [-0.3, -0.25) is 9.59 Å². The number of benzene rings is 2. The fourth-order valence-electron chi connectivity index (χ4n) is 2.37. The van der Waals surface area contributed by atoms with E-state index < -0.39 is 6.10 Å². The Labute approximate surface area is 142 Å². The SMILES string of the molecule is CC(=O)c1cccc(NC(=O)[C@@H](C)Oc2ccccc2C(C)C)c1. The van der Waals surface area contributed by atoms with Crippen LogP contribution in [-0.2, 0) is 4.79 Å². The Kier molecular flexibility index (Phi) is 5.74. The van der Waals surface area contributed by atoms with Crippen LogP contribution < -0.4 is 10.1 Å². The Balaban J connectivity index is 2.08. The van der Waals surface area contributed by atoms with Crippen molar-refractivity contribution in [1.29, 1.82) is 0 Å². The molecule has 0 aliphatic rings. The Morgan fingerprint density at radius 3 is 2.38 bits per heavy atom. The minimum absolute atomic E-state index is 0.0405. The van der Waals surface area contributed by atoms with Gasteiger partial charge < -0.3 is 10.1 Å². The summed E-state index contributed by atoms with van der Waals surface area (Å²) in [5, 5.41) is 2.79. The van der Waals surface area contributed by atoms with Crippen LogP contribution in [0.5, 0.6) is 5.75 Å². The number of hydrogen-bond donors (Lipinski definition) is 1. The van der Waals surface area contributed by atoms with Crippen LogP contribution in [0.3, 0.4) is 0 Å². The van der Waals surface area contributed by atoms with Crippen LogP contribution in [0.25, 0.3) is 0 Å². The number of carbonyl (C=O) groups is 2. The predicted molar refractivity (Wildman–Crippen MR) is 95.7 cm³/mol. The van der Waals surface area contributed by atoms with Gasteiger partial charge in [-0.1, -0.05) is 44.2 Å². The molecule has 0 aromatic heterocycles. The van der Waals surface area contributed by atoms with Gasteiger partial charge in [-0.2, -0.15) is 0 Å². The van der Waals surface area contributed by atoms with Gasteiger partial charge in [-0.15, -0.1) is 0 Å². The van der Waals surface area contributed by atoms with Crippen molar-refractivity contribution in [3.05, 3.63) is 59.7 Å². The van der Waals surface area contributed by atoms with E-state index in [0.29, 0.717) is 22.9 Å². The van der Waals surface area contributed by atoms with E-state index >= 15 is 0 Å². The molecule has 4 nitrogen and oxygen atoms in total. The smallest absolute Gasteiger partial charge is 0.265 e. The van der Waals surface area contributed by atoms with Crippen molar-refractivity contribution < 1.29 is 14.3 Å². The van der Waals surface area contributed by atoms with Crippen molar-refractivity contribution in [1.82, 2.24) is 0 Å². The molecule has 2 aromatic rings. The first-order chi connectivity index (χ1) is 11.4. The second-order valence-electron chi connectivity index (χ2n) is 6.08. The van der Waals surface area contributed by atoms with Gasteiger partial charge in [0.25, 0.3) is 5.91 Å². The molecular weight excluding hydrogens is 302 g/mol. The molecule has 2 aromatic carbocycles. The van der Waals surface area contributed by atoms with Gasteiger partial charge in [0.05, 0.1) is 0 Å². The summed E-state index contributed by atoms with van der Waals surface area (Å²) in [5.74, 6) is 0.729. The molecule has 0 unspecified atom stereocenters.